The van der Waals surface area contributed by atoms with Gasteiger partial charge in [0.15, 0.2) is 0 Å². The number of nitrogens with zero attached hydrogens (tertiary/aromatic N) is 10. The van der Waals surface area contributed by atoms with Crippen LogP contribution in [0.25, 0.3) is 0 Å². The van der Waals surface area contributed by atoms with Crippen LogP contribution in [0.3, 0.4) is 0 Å². The largest absolute Gasteiger partial charge is 0.673 e. The smallest absolute Gasteiger partial charge is 0.418 e. The minimum absolute atomic E-state index is 0. The molecule has 0 aliphatic rings. The molecule has 0 aromatic rings. The molecule has 10 nitrogen and oxygen atoms in total. The van der Waals surface area contributed by atoms with E-state index in [1.165, 1.54) is 69.2 Å². The maximum absolute atomic E-state index is 9.75. The third-order valence-corrected chi connectivity index (χ3v) is 0. The van der Waals surface area contributed by atoms with Crippen molar-refractivity contribution in [1.29, 1.82) is 52.6 Å². The van der Waals surface area contributed by atoms with Crippen molar-refractivity contribution in [1.82, 2.24) is 0 Å². The molecule has 22 heteroatoms. The molecule has 0 aliphatic heterocycles. The van der Waals surface area contributed by atoms with Crippen molar-refractivity contribution in [2.24, 2.45) is 0 Å². The van der Waals surface area contributed by atoms with Gasteiger partial charge >= 0.3 is 14.5 Å². The van der Waals surface area contributed by atoms with Gasteiger partial charge in [-0.1, -0.05) is 0 Å². The van der Waals surface area contributed by atoms with Crippen molar-refractivity contribution in [3.63, 3.8) is 0 Å². The first-order valence-electron chi connectivity index (χ1n) is 8.98. The van der Waals surface area contributed by atoms with Crippen LogP contribution in [-0.2, 0) is 42.1 Å². The van der Waals surface area contributed by atoms with Crippen LogP contribution in [0.15, 0.2) is 0 Å². The van der Waals surface area contributed by atoms with Crippen molar-refractivity contribution in [2.45, 2.75) is 69.2 Å². The van der Waals surface area contributed by atoms with E-state index in [1.54, 1.807) is 60.7 Å². The summed E-state index contributed by atoms with van der Waals surface area (Å²) in [5.41, 5.74) is 0. The Morgan fingerprint density at radius 2 is 0.262 bits per heavy atom. The third-order valence-electron chi connectivity index (χ3n) is 0. The van der Waals surface area contributed by atoms with E-state index in [1.807, 2.05) is 0 Å². The van der Waals surface area contributed by atoms with Crippen LogP contribution in [-0.4, -0.2) is 14.5 Å². The molecular formula is C20H30B2F8Mo2N10-2. The minimum atomic E-state index is -6.00. The number of hydrogen-bond acceptors (Lipinski definition) is 10. The second kappa shape index (κ2) is 149. The monoisotopic (exact) mass is 780 g/mol. The van der Waals surface area contributed by atoms with Crippen LogP contribution in [0.1, 0.15) is 69.2 Å². The van der Waals surface area contributed by atoms with Crippen LogP contribution < -0.4 is 0 Å². The summed E-state index contributed by atoms with van der Waals surface area (Å²) in [6, 6.07) is 17.5. The Kier molecular flexibility index (Phi) is 320. The van der Waals surface area contributed by atoms with Crippen LogP contribution in [0.2, 0.25) is 0 Å². The summed E-state index contributed by atoms with van der Waals surface area (Å²) < 4.78 is 78.0. The Hall–Kier alpha value is -4.15. The average molecular weight is 776 g/mol. The Balaban J connectivity index is -0.0000000170. The number of hydrogen-bond donors (Lipinski definition) is 0. The Morgan fingerprint density at radius 1 is 0.262 bits per heavy atom. The number of halogens is 8. The zero-order chi connectivity index (χ0) is 36.1. The molecule has 0 bridgehead atoms. The maximum atomic E-state index is 9.75. The summed E-state index contributed by atoms with van der Waals surface area (Å²) in [5, 5.41) is 73.2. The molecule has 0 atom stereocenters. The summed E-state index contributed by atoms with van der Waals surface area (Å²) in [6.45, 7) is 14.3. The first kappa shape index (κ1) is 90.4. The van der Waals surface area contributed by atoms with E-state index in [0.29, 0.717) is 0 Å². The van der Waals surface area contributed by atoms with Gasteiger partial charge in [-0.3, -0.25) is 0 Å². The molecule has 42 heavy (non-hydrogen) atoms. The zero-order valence-electron chi connectivity index (χ0n) is 24.5. The van der Waals surface area contributed by atoms with Gasteiger partial charge < -0.3 is 34.5 Å². The molecule has 0 saturated carbocycles. The molecule has 0 heterocycles. The Bertz CT molecular complexity index is 630. The van der Waals surface area contributed by atoms with Crippen molar-refractivity contribution in [3.05, 3.63) is 0 Å². The molecular weight excluding hydrogens is 746 g/mol. The third kappa shape index (κ3) is 2520. The van der Waals surface area contributed by atoms with E-state index >= 15 is 0 Å². The molecule has 0 fully saturated rings. The molecule has 0 amide bonds. The summed E-state index contributed by atoms with van der Waals surface area (Å²) >= 11 is 0. The van der Waals surface area contributed by atoms with E-state index in [4.69, 9.17) is 52.6 Å². The van der Waals surface area contributed by atoms with Crippen molar-refractivity contribution in [3.8, 4) is 60.7 Å². The van der Waals surface area contributed by atoms with Crippen LogP contribution >= 0.6 is 0 Å². The van der Waals surface area contributed by atoms with Gasteiger partial charge in [-0.15, -0.1) is 0 Å². The minimum Gasteiger partial charge on any atom is -0.418 e. The molecule has 0 radical (unpaired) electrons. The van der Waals surface area contributed by atoms with Gasteiger partial charge in [0.1, 0.15) is 0 Å². The van der Waals surface area contributed by atoms with Crippen molar-refractivity contribution >= 4 is 14.5 Å². The second-order valence-electron chi connectivity index (χ2n) is 3.23. The average Bonchev–Trinajstić information content (AvgIpc) is 2.71. The molecule has 236 valence electrons. The molecule has 0 aromatic carbocycles. The van der Waals surface area contributed by atoms with Crippen LogP contribution in [0.5, 0.6) is 0 Å². The summed E-state index contributed by atoms with van der Waals surface area (Å²) in [7, 11) is -12.0. The normalized spacial score (nSPS) is 4.76. The molecule has 0 aromatic heterocycles. The van der Waals surface area contributed by atoms with Gasteiger partial charge in [0, 0.05) is 111 Å². The van der Waals surface area contributed by atoms with Crippen molar-refractivity contribution < 1.29 is 76.7 Å². The standard InChI is InChI=1S/10C2H3N.2BF4.2Mo/c10*1-2-3;2*2-1(3,4)5;;/h10*1H3;;;;/q;;;;;;;;;;2*-1;;. The van der Waals surface area contributed by atoms with Gasteiger partial charge in [-0.25, -0.2) is 0 Å². The van der Waals surface area contributed by atoms with Gasteiger partial charge in [-0.05, 0) is 0 Å². The van der Waals surface area contributed by atoms with Gasteiger partial charge in [-0.2, -0.15) is 52.6 Å². The zero-order valence-corrected chi connectivity index (χ0v) is 28.5. The van der Waals surface area contributed by atoms with E-state index in [2.05, 4.69) is 0 Å². The summed E-state index contributed by atoms with van der Waals surface area (Å²) in [6.07, 6.45) is 0. The molecule has 0 saturated heterocycles. The van der Waals surface area contributed by atoms with E-state index in [9.17, 15) is 34.5 Å². The molecule has 0 unspecified atom stereocenters. The van der Waals surface area contributed by atoms with E-state index < -0.39 is 14.5 Å². The Labute approximate surface area is 272 Å². The fraction of sp³-hybridized carbons (Fsp3) is 0.500. The first-order valence-corrected chi connectivity index (χ1v) is 8.98. The fourth-order valence-corrected chi connectivity index (χ4v) is 0. The van der Waals surface area contributed by atoms with Crippen LogP contribution in [0.4, 0.5) is 34.5 Å². The topological polar surface area (TPSA) is 238 Å². The molecule has 0 spiro atoms. The van der Waals surface area contributed by atoms with Gasteiger partial charge in [0.25, 0.3) is 0 Å². The van der Waals surface area contributed by atoms with Gasteiger partial charge in [0.05, 0.1) is 60.7 Å². The SMILES string of the molecule is CC#N.CC#N.CC#N.CC#N.CC#N.CC#N.CC#N.CC#N.CC#N.CC#N.F[B-](F)(F)F.F[B-](F)(F)F.[Mo].[Mo]. The van der Waals surface area contributed by atoms with Crippen LogP contribution in [0, 0.1) is 113 Å². The summed E-state index contributed by atoms with van der Waals surface area (Å²) in [4.78, 5) is 0. The Morgan fingerprint density at radius 3 is 0.262 bits per heavy atom. The quantitative estimate of drug-likeness (QED) is 0.170. The predicted octanol–water partition coefficient (Wildman–Crippen LogP) is 7.89. The number of nitriles is 10. The first-order chi connectivity index (χ1) is 18.1. The summed E-state index contributed by atoms with van der Waals surface area (Å²) in [5.74, 6) is 0. The van der Waals surface area contributed by atoms with Crippen molar-refractivity contribution in [2.75, 3.05) is 0 Å². The van der Waals surface area contributed by atoms with Gasteiger partial charge in [0.2, 0.25) is 0 Å². The molecule has 0 aliphatic carbocycles. The second-order valence-corrected chi connectivity index (χ2v) is 3.23. The van der Waals surface area contributed by atoms with E-state index in [0.717, 1.165) is 0 Å². The maximum Gasteiger partial charge on any atom is 0.673 e. The fourth-order valence-electron chi connectivity index (χ4n) is 0. The number of rotatable bonds is 0. The predicted molar refractivity (Wildman–Crippen MR) is 133 cm³/mol. The molecule has 0 N–H and O–H groups in total. The molecule has 0 rings (SSSR count). The van der Waals surface area contributed by atoms with E-state index in [-0.39, 0.29) is 42.1 Å².